The first-order valence-corrected chi connectivity index (χ1v) is 19.3. The third-order valence-corrected chi connectivity index (χ3v) is 10.8. The number of nitrogens with zero attached hydrogens (tertiary/aromatic N) is 2. The molecule has 0 radical (unpaired) electrons. The zero-order valence-corrected chi connectivity index (χ0v) is 31.3. The summed E-state index contributed by atoms with van der Waals surface area (Å²) < 4.78 is 0. The van der Waals surface area contributed by atoms with E-state index >= 15 is 0 Å². The molecule has 2 heterocycles. The summed E-state index contributed by atoms with van der Waals surface area (Å²) in [7, 11) is 0. The van der Waals surface area contributed by atoms with Gasteiger partial charge in [-0.05, 0) is 107 Å². The highest BCUT2D eigenvalue weighted by molar-refractivity contribution is 6.49. The lowest BCUT2D eigenvalue weighted by Crippen LogP contribution is -2.10. The lowest BCUT2D eigenvalue weighted by Gasteiger charge is -2.25. The molecule has 6 heteroatoms. The maximum atomic E-state index is 13.6. The van der Waals surface area contributed by atoms with Crippen LogP contribution in [0.3, 0.4) is 0 Å². The summed E-state index contributed by atoms with van der Waals surface area (Å²) in [5, 5.41) is 6.09. The fourth-order valence-corrected chi connectivity index (χ4v) is 8.01. The molecular weight excluding hydrogens is 713 g/mol. The molecule has 2 N–H and O–H groups in total. The van der Waals surface area contributed by atoms with Crippen molar-refractivity contribution in [2.75, 3.05) is 20.4 Å². The van der Waals surface area contributed by atoms with Gasteiger partial charge < -0.3 is 20.4 Å². The van der Waals surface area contributed by atoms with Gasteiger partial charge in [-0.25, -0.2) is 0 Å². The maximum Gasteiger partial charge on any atom is 0.257 e. The van der Waals surface area contributed by atoms with Crippen molar-refractivity contribution in [1.82, 2.24) is 0 Å². The van der Waals surface area contributed by atoms with Crippen LogP contribution in [0, 0.1) is 0 Å². The molecule has 0 fully saturated rings. The Morgan fingerprint density at radius 1 is 0.293 bits per heavy atom. The summed E-state index contributed by atoms with van der Waals surface area (Å²) in [6.45, 7) is 0. The van der Waals surface area contributed by atoms with Gasteiger partial charge in [-0.1, -0.05) is 121 Å². The van der Waals surface area contributed by atoms with Crippen molar-refractivity contribution in [3.05, 3.63) is 217 Å². The topological polar surface area (TPSA) is 64.7 Å². The molecule has 276 valence electrons. The third kappa shape index (κ3) is 6.29. The second-order valence-corrected chi connectivity index (χ2v) is 14.3. The largest absolute Gasteiger partial charge is 0.321 e. The minimum Gasteiger partial charge on any atom is -0.321 e. The van der Waals surface area contributed by atoms with Crippen LogP contribution in [0.15, 0.2) is 206 Å². The average Bonchev–Trinajstić information content (AvgIpc) is 3.78. The molecule has 2 aliphatic rings. The lowest BCUT2D eigenvalue weighted by atomic mass is 9.93. The number of fused-ring (bicyclic) bond motifs is 2. The van der Waals surface area contributed by atoms with Crippen molar-refractivity contribution >= 4 is 68.5 Å². The molecular formula is C52H36N4O2. The fourth-order valence-electron chi connectivity index (χ4n) is 8.01. The van der Waals surface area contributed by atoms with E-state index in [1.165, 1.54) is 0 Å². The number of carbonyl (C=O) groups is 2. The van der Waals surface area contributed by atoms with Crippen molar-refractivity contribution < 1.29 is 9.59 Å². The second kappa shape index (κ2) is 14.6. The molecule has 0 saturated carbocycles. The van der Waals surface area contributed by atoms with Crippen molar-refractivity contribution in [3.8, 4) is 22.3 Å². The Hall–Kier alpha value is -7.96. The van der Waals surface area contributed by atoms with E-state index in [2.05, 4.69) is 117 Å². The van der Waals surface area contributed by atoms with Crippen LogP contribution < -0.4 is 20.4 Å². The molecule has 0 unspecified atom stereocenters. The highest BCUT2D eigenvalue weighted by Crippen LogP contribution is 2.45. The SMILES string of the molecule is O=C1Nc2cc(-c3ccc(N(c4ccccc4)c4ccccc4)cc3)ccc2/C1=C1\C(=O)Nc2cc(-c3ccc(N(c4ccccc4)c4ccccc4)cc3)ccc21. The highest BCUT2D eigenvalue weighted by Gasteiger charge is 2.35. The Morgan fingerprint density at radius 2 is 0.569 bits per heavy atom. The van der Waals surface area contributed by atoms with E-state index in [0.29, 0.717) is 33.6 Å². The van der Waals surface area contributed by atoms with Crippen LogP contribution in [-0.2, 0) is 9.59 Å². The van der Waals surface area contributed by atoms with E-state index in [1.54, 1.807) is 0 Å². The number of hydrogen-bond donors (Lipinski definition) is 2. The molecule has 0 aromatic heterocycles. The average molecular weight is 749 g/mol. The van der Waals surface area contributed by atoms with Gasteiger partial charge in [-0.15, -0.1) is 0 Å². The maximum absolute atomic E-state index is 13.6. The molecule has 0 aliphatic carbocycles. The Bertz CT molecular complexity index is 2560. The molecule has 2 amide bonds. The van der Waals surface area contributed by atoms with Gasteiger partial charge in [0.25, 0.3) is 11.8 Å². The van der Waals surface area contributed by atoms with E-state index in [4.69, 9.17) is 0 Å². The highest BCUT2D eigenvalue weighted by atomic mass is 16.2. The van der Waals surface area contributed by atoms with Crippen LogP contribution in [0.4, 0.5) is 45.5 Å². The lowest BCUT2D eigenvalue weighted by molar-refractivity contribution is -0.112. The molecule has 0 bridgehead atoms. The van der Waals surface area contributed by atoms with Crippen LogP contribution in [-0.4, -0.2) is 11.8 Å². The minimum absolute atomic E-state index is 0.289. The number of amides is 2. The first-order chi connectivity index (χ1) is 28.6. The number of rotatable bonds is 8. The predicted molar refractivity (Wildman–Crippen MR) is 237 cm³/mol. The Balaban J connectivity index is 0.930. The van der Waals surface area contributed by atoms with E-state index in [1.807, 2.05) is 109 Å². The number of para-hydroxylation sites is 4. The monoisotopic (exact) mass is 748 g/mol. The van der Waals surface area contributed by atoms with Gasteiger partial charge in [0.05, 0.1) is 11.1 Å². The third-order valence-electron chi connectivity index (χ3n) is 10.8. The molecule has 10 rings (SSSR count). The second-order valence-electron chi connectivity index (χ2n) is 14.3. The van der Waals surface area contributed by atoms with Crippen LogP contribution in [0.5, 0.6) is 0 Å². The number of benzene rings is 8. The first kappa shape index (κ1) is 34.5. The minimum atomic E-state index is -0.289. The molecule has 8 aromatic rings. The van der Waals surface area contributed by atoms with Crippen molar-refractivity contribution in [2.24, 2.45) is 0 Å². The van der Waals surface area contributed by atoms with Crippen LogP contribution in [0.1, 0.15) is 11.1 Å². The van der Waals surface area contributed by atoms with Gasteiger partial charge in [-0.3, -0.25) is 9.59 Å². The molecule has 8 aromatic carbocycles. The van der Waals surface area contributed by atoms with Gasteiger partial charge in [0.1, 0.15) is 0 Å². The van der Waals surface area contributed by atoms with E-state index in [0.717, 1.165) is 56.4 Å². The zero-order valence-electron chi connectivity index (χ0n) is 31.3. The first-order valence-electron chi connectivity index (χ1n) is 19.3. The summed E-state index contributed by atoms with van der Waals surface area (Å²) in [6, 6.07) is 69.9. The summed E-state index contributed by atoms with van der Waals surface area (Å²) in [5.41, 5.74) is 13.9. The van der Waals surface area contributed by atoms with Crippen molar-refractivity contribution in [1.29, 1.82) is 0 Å². The Labute approximate surface area is 337 Å². The molecule has 0 saturated heterocycles. The quantitative estimate of drug-likeness (QED) is 0.152. The van der Waals surface area contributed by atoms with Gasteiger partial charge in [0.15, 0.2) is 0 Å². The number of anilines is 8. The molecule has 6 nitrogen and oxygen atoms in total. The summed E-state index contributed by atoms with van der Waals surface area (Å²) in [6.07, 6.45) is 0. The molecule has 0 atom stereocenters. The van der Waals surface area contributed by atoms with Gasteiger partial charge >= 0.3 is 0 Å². The van der Waals surface area contributed by atoms with Gasteiger partial charge in [0, 0.05) is 56.6 Å². The Kier molecular flexibility index (Phi) is 8.69. The predicted octanol–water partition coefficient (Wildman–Crippen LogP) is 12.8. The molecule has 0 spiro atoms. The van der Waals surface area contributed by atoms with E-state index < -0.39 is 0 Å². The number of carbonyl (C=O) groups excluding carboxylic acids is 2. The van der Waals surface area contributed by atoms with Crippen molar-refractivity contribution in [3.63, 3.8) is 0 Å². The van der Waals surface area contributed by atoms with E-state index in [9.17, 15) is 9.59 Å². The fraction of sp³-hybridized carbons (Fsp3) is 0. The molecule has 58 heavy (non-hydrogen) atoms. The smallest absolute Gasteiger partial charge is 0.257 e. The summed E-state index contributed by atoms with van der Waals surface area (Å²) in [5.74, 6) is -0.578. The molecule has 2 aliphatic heterocycles. The van der Waals surface area contributed by atoms with Gasteiger partial charge in [-0.2, -0.15) is 0 Å². The zero-order chi connectivity index (χ0) is 39.0. The Morgan fingerprint density at radius 3 is 0.879 bits per heavy atom. The van der Waals surface area contributed by atoms with Gasteiger partial charge in [0.2, 0.25) is 0 Å². The van der Waals surface area contributed by atoms with Crippen molar-refractivity contribution in [2.45, 2.75) is 0 Å². The normalized spacial score (nSPS) is 14.0. The summed E-state index contributed by atoms with van der Waals surface area (Å²) in [4.78, 5) is 31.7. The van der Waals surface area contributed by atoms with Crippen LogP contribution in [0.25, 0.3) is 33.4 Å². The van der Waals surface area contributed by atoms with Crippen LogP contribution in [0.2, 0.25) is 0 Å². The number of nitrogens with one attached hydrogen (secondary N) is 2. The standard InChI is InChI=1S/C52H36N4O2/c57-51-49(45-31-25-37(33-47(45)53-51)35-21-27-43(28-22-35)55(39-13-5-1-6-14-39)40-15-7-2-8-16-40)50-46-32-26-38(34-48(46)54-52(50)58)36-23-29-44(30-24-36)56(41-17-9-3-10-18-41)42-19-11-4-12-20-42/h1-34H,(H,53,57)(H,54,58)/b50-49+. The number of hydrogen-bond acceptors (Lipinski definition) is 4. The van der Waals surface area contributed by atoms with E-state index in [-0.39, 0.29) is 11.8 Å². The summed E-state index contributed by atoms with van der Waals surface area (Å²) >= 11 is 0. The van der Waals surface area contributed by atoms with Crippen LogP contribution >= 0.6 is 0 Å².